The van der Waals surface area contributed by atoms with Gasteiger partial charge in [0.1, 0.15) is 17.5 Å². The first kappa shape index (κ1) is 11.2. The van der Waals surface area contributed by atoms with Crippen molar-refractivity contribution < 1.29 is 13.6 Å². The molecular weight excluding hydrogens is 230 g/mol. The molecule has 0 unspecified atom stereocenters. The molecule has 7 heteroatoms. The Morgan fingerprint density at radius 1 is 1.41 bits per heavy atom. The Hall–Kier alpha value is -2.31. The molecule has 0 radical (unpaired) electrons. The van der Waals surface area contributed by atoms with E-state index in [0.717, 1.165) is 12.1 Å². The minimum absolute atomic E-state index is 0.0382. The number of aryl methyl sites for hydroxylation is 1. The van der Waals surface area contributed by atoms with Gasteiger partial charge in [0, 0.05) is 6.07 Å². The van der Waals surface area contributed by atoms with Crippen LogP contribution >= 0.6 is 0 Å². The summed E-state index contributed by atoms with van der Waals surface area (Å²) < 4.78 is 25.9. The Morgan fingerprint density at radius 2 is 2.18 bits per heavy atom. The van der Waals surface area contributed by atoms with Gasteiger partial charge in [-0.15, -0.1) is 5.10 Å². The van der Waals surface area contributed by atoms with Gasteiger partial charge in [-0.1, -0.05) is 0 Å². The summed E-state index contributed by atoms with van der Waals surface area (Å²) in [5.41, 5.74) is -0.270. The number of amides is 1. The van der Waals surface area contributed by atoms with Crippen LogP contribution in [0.3, 0.4) is 0 Å². The third-order valence-electron chi connectivity index (χ3n) is 2.00. The van der Waals surface area contributed by atoms with E-state index in [1.54, 1.807) is 6.92 Å². The number of hydrogen-bond donors (Lipinski definition) is 2. The minimum Gasteiger partial charge on any atom is -0.289 e. The van der Waals surface area contributed by atoms with E-state index >= 15 is 0 Å². The van der Waals surface area contributed by atoms with E-state index in [4.69, 9.17) is 0 Å². The fourth-order valence-electron chi connectivity index (χ4n) is 1.24. The molecule has 0 aliphatic carbocycles. The number of hydrogen-bond acceptors (Lipinski definition) is 3. The van der Waals surface area contributed by atoms with Crippen LogP contribution in [0.2, 0.25) is 0 Å². The molecule has 1 aromatic carbocycles. The highest BCUT2D eigenvalue weighted by Gasteiger charge is 2.14. The van der Waals surface area contributed by atoms with Crippen molar-refractivity contribution in [3.05, 3.63) is 41.2 Å². The zero-order valence-corrected chi connectivity index (χ0v) is 8.79. The van der Waals surface area contributed by atoms with Crippen molar-refractivity contribution in [2.75, 3.05) is 5.32 Å². The number of aromatic amines is 1. The van der Waals surface area contributed by atoms with E-state index < -0.39 is 17.5 Å². The predicted molar refractivity (Wildman–Crippen MR) is 55.4 cm³/mol. The normalized spacial score (nSPS) is 10.3. The quantitative estimate of drug-likeness (QED) is 0.835. The summed E-state index contributed by atoms with van der Waals surface area (Å²) in [5.74, 6) is -1.86. The fraction of sp³-hybridized carbons (Fsp3) is 0.100. The van der Waals surface area contributed by atoms with E-state index in [2.05, 4.69) is 20.5 Å². The summed E-state index contributed by atoms with van der Waals surface area (Å²) in [6.45, 7) is 1.65. The maximum absolute atomic E-state index is 13.3. The maximum Gasteiger partial charge on any atom is 0.261 e. The average molecular weight is 238 g/mol. The molecule has 0 saturated heterocycles. The lowest BCUT2D eigenvalue weighted by molar-refractivity contribution is 0.102. The Kier molecular flexibility index (Phi) is 2.82. The van der Waals surface area contributed by atoms with Gasteiger partial charge in [-0.05, 0) is 19.1 Å². The molecule has 2 aromatic rings. The van der Waals surface area contributed by atoms with Crippen molar-refractivity contribution in [3.63, 3.8) is 0 Å². The van der Waals surface area contributed by atoms with Crippen LogP contribution in [0.15, 0.2) is 18.2 Å². The predicted octanol–water partition coefficient (Wildman–Crippen LogP) is 1.64. The third kappa shape index (κ3) is 2.44. The summed E-state index contributed by atoms with van der Waals surface area (Å²) in [6.07, 6.45) is 0. The van der Waals surface area contributed by atoms with Crippen LogP contribution in [0.1, 0.15) is 16.2 Å². The van der Waals surface area contributed by atoms with Gasteiger partial charge in [0.2, 0.25) is 5.95 Å². The highest BCUT2D eigenvalue weighted by atomic mass is 19.1. The summed E-state index contributed by atoms with van der Waals surface area (Å²) in [4.78, 5) is 15.4. The van der Waals surface area contributed by atoms with E-state index in [1.807, 2.05) is 0 Å². The first-order valence-electron chi connectivity index (χ1n) is 4.71. The molecule has 0 aliphatic heterocycles. The molecule has 5 nitrogen and oxygen atoms in total. The molecule has 1 heterocycles. The molecule has 0 fully saturated rings. The highest BCUT2D eigenvalue weighted by molar-refractivity contribution is 6.03. The van der Waals surface area contributed by atoms with Crippen LogP contribution in [-0.2, 0) is 0 Å². The van der Waals surface area contributed by atoms with Crippen molar-refractivity contribution in [3.8, 4) is 0 Å². The van der Waals surface area contributed by atoms with Crippen molar-refractivity contribution in [1.82, 2.24) is 15.2 Å². The van der Waals surface area contributed by atoms with Crippen molar-refractivity contribution in [1.29, 1.82) is 0 Å². The van der Waals surface area contributed by atoms with Crippen molar-refractivity contribution in [2.45, 2.75) is 6.92 Å². The Morgan fingerprint density at radius 3 is 2.76 bits per heavy atom. The van der Waals surface area contributed by atoms with Crippen LogP contribution < -0.4 is 5.32 Å². The first-order valence-corrected chi connectivity index (χ1v) is 4.71. The number of nitrogens with one attached hydrogen (secondary N) is 2. The lowest BCUT2D eigenvalue weighted by Crippen LogP contribution is -2.14. The van der Waals surface area contributed by atoms with Crippen LogP contribution in [0.4, 0.5) is 14.7 Å². The maximum atomic E-state index is 13.3. The zero-order valence-electron chi connectivity index (χ0n) is 8.79. The number of anilines is 1. The van der Waals surface area contributed by atoms with E-state index in [-0.39, 0.29) is 11.5 Å². The number of H-pyrrole nitrogens is 1. The molecule has 0 aliphatic rings. The smallest absolute Gasteiger partial charge is 0.261 e. The molecule has 0 saturated carbocycles. The number of carbonyl (C=O) groups excluding carboxylic acids is 1. The molecular formula is C10H8F2N4O. The largest absolute Gasteiger partial charge is 0.289 e. The second kappa shape index (κ2) is 4.28. The molecule has 2 N–H and O–H groups in total. The fourth-order valence-corrected chi connectivity index (χ4v) is 1.24. The van der Waals surface area contributed by atoms with Crippen LogP contribution in [0.25, 0.3) is 0 Å². The summed E-state index contributed by atoms with van der Waals surface area (Å²) in [7, 11) is 0. The lowest BCUT2D eigenvalue weighted by Gasteiger charge is -2.02. The van der Waals surface area contributed by atoms with E-state index in [1.165, 1.54) is 0 Å². The molecule has 1 aromatic heterocycles. The second-order valence-corrected chi connectivity index (χ2v) is 3.32. The SMILES string of the molecule is Cc1nc(NC(=O)c2ccc(F)cc2F)n[nH]1. The number of carbonyl (C=O) groups is 1. The number of rotatable bonds is 2. The second-order valence-electron chi connectivity index (χ2n) is 3.32. The van der Waals surface area contributed by atoms with Gasteiger partial charge >= 0.3 is 0 Å². The molecule has 0 atom stereocenters. The van der Waals surface area contributed by atoms with Crippen LogP contribution in [-0.4, -0.2) is 21.1 Å². The Balaban J connectivity index is 2.20. The summed E-state index contributed by atoms with van der Waals surface area (Å²) in [6, 6.07) is 2.69. The van der Waals surface area contributed by atoms with Gasteiger partial charge in [0.25, 0.3) is 5.91 Å². The number of benzene rings is 1. The zero-order chi connectivity index (χ0) is 12.4. The summed E-state index contributed by atoms with van der Waals surface area (Å²) in [5, 5.41) is 8.47. The Labute approximate surface area is 94.9 Å². The van der Waals surface area contributed by atoms with Gasteiger partial charge in [-0.3, -0.25) is 15.2 Å². The summed E-state index contributed by atoms with van der Waals surface area (Å²) >= 11 is 0. The van der Waals surface area contributed by atoms with Crippen LogP contribution in [0.5, 0.6) is 0 Å². The molecule has 0 bridgehead atoms. The topological polar surface area (TPSA) is 70.7 Å². The number of aromatic nitrogens is 3. The van der Waals surface area contributed by atoms with Crippen molar-refractivity contribution in [2.24, 2.45) is 0 Å². The first-order chi connectivity index (χ1) is 8.06. The number of halogens is 2. The molecule has 1 amide bonds. The average Bonchev–Trinajstić information content (AvgIpc) is 2.63. The molecule has 0 spiro atoms. The number of nitrogens with zero attached hydrogens (tertiary/aromatic N) is 2. The van der Waals surface area contributed by atoms with Gasteiger partial charge in [-0.2, -0.15) is 4.98 Å². The van der Waals surface area contributed by atoms with Gasteiger partial charge in [0.05, 0.1) is 5.56 Å². The van der Waals surface area contributed by atoms with Crippen LogP contribution in [0, 0.1) is 18.6 Å². The Bertz CT molecular complexity index is 567. The minimum atomic E-state index is -0.935. The van der Waals surface area contributed by atoms with Gasteiger partial charge in [-0.25, -0.2) is 8.78 Å². The van der Waals surface area contributed by atoms with E-state index in [9.17, 15) is 13.6 Å². The van der Waals surface area contributed by atoms with Crippen molar-refractivity contribution >= 4 is 11.9 Å². The van der Waals surface area contributed by atoms with E-state index in [0.29, 0.717) is 11.9 Å². The molecule has 88 valence electrons. The third-order valence-corrected chi connectivity index (χ3v) is 2.00. The standard InChI is InChI=1S/C10H8F2N4O/c1-5-13-10(16-15-5)14-9(17)7-3-2-6(11)4-8(7)12/h2-4H,1H3,(H2,13,14,15,16,17). The van der Waals surface area contributed by atoms with Gasteiger partial charge < -0.3 is 0 Å². The molecule has 2 rings (SSSR count). The monoisotopic (exact) mass is 238 g/mol. The highest BCUT2D eigenvalue weighted by Crippen LogP contribution is 2.11. The van der Waals surface area contributed by atoms with Gasteiger partial charge in [0.15, 0.2) is 0 Å². The lowest BCUT2D eigenvalue weighted by atomic mass is 10.2. The molecule has 17 heavy (non-hydrogen) atoms.